The number of rotatable bonds is 10. The van der Waals surface area contributed by atoms with Crippen molar-refractivity contribution in [3.8, 4) is 0 Å². The fraction of sp³-hybridized carbons (Fsp3) is 1.00. The summed E-state index contributed by atoms with van der Waals surface area (Å²) in [6.45, 7) is -1.37. The highest BCUT2D eigenvalue weighted by Crippen LogP contribution is 2.06. The summed E-state index contributed by atoms with van der Waals surface area (Å²) in [6, 6.07) is 0. The van der Waals surface area contributed by atoms with Crippen molar-refractivity contribution < 1.29 is 51.1 Å². The van der Waals surface area contributed by atoms with Crippen LogP contribution in [0.3, 0.4) is 0 Å². The molecule has 0 aromatic rings. The highest BCUT2D eigenvalue weighted by Gasteiger charge is 2.30. The molecule has 24 heavy (non-hydrogen) atoms. The largest absolute Gasteiger partial charge is 0.394 e. The molecule has 8 atom stereocenters. The molecule has 148 valence electrons. The van der Waals surface area contributed by atoms with Gasteiger partial charge in [0.15, 0.2) is 0 Å². The number of alkyl halides is 2. The Hall–Kier alpha value is 0.180. The summed E-state index contributed by atoms with van der Waals surface area (Å²) in [5, 5.41) is 88.3. The minimum atomic E-state index is -1.59. The molecule has 0 aliphatic carbocycles. The average molecular weight is 401 g/mol. The first kappa shape index (κ1) is 26.4. The van der Waals surface area contributed by atoms with Crippen molar-refractivity contribution in [2.75, 3.05) is 25.0 Å². The zero-order valence-corrected chi connectivity index (χ0v) is 14.2. The Kier molecular flexibility index (Phi) is 15.8. The zero-order chi connectivity index (χ0) is 19.4. The Morgan fingerprint density at radius 3 is 0.833 bits per heavy atom. The monoisotopic (exact) mass is 400 g/mol. The summed E-state index contributed by atoms with van der Waals surface area (Å²) in [5.74, 6) is -0.507. The molecule has 0 aliphatic heterocycles. The molecule has 10 nitrogen and oxygen atoms in total. The zero-order valence-electron chi connectivity index (χ0n) is 12.7. The average Bonchev–Trinajstić information content (AvgIpc) is 2.62. The molecule has 0 saturated carbocycles. The fourth-order valence-corrected chi connectivity index (χ4v) is 1.67. The maximum absolute atomic E-state index is 9.03. The van der Waals surface area contributed by atoms with Crippen LogP contribution in [0.15, 0.2) is 0 Å². The lowest BCUT2D eigenvalue weighted by Crippen LogP contribution is -2.46. The predicted molar refractivity (Wildman–Crippen MR) is 83.7 cm³/mol. The Bertz CT molecular complexity index is 245. The molecule has 0 spiro atoms. The molecule has 0 rings (SSSR count). The minimum Gasteiger partial charge on any atom is -0.394 e. The third-order valence-corrected chi connectivity index (χ3v) is 3.60. The van der Waals surface area contributed by atoms with E-state index >= 15 is 0 Å². The smallest absolute Gasteiger partial charge is 0.111 e. The van der Waals surface area contributed by atoms with Gasteiger partial charge in [0.2, 0.25) is 0 Å². The molecular weight excluding hydrogens is 375 g/mol. The molecule has 0 heterocycles. The van der Waals surface area contributed by atoms with Crippen molar-refractivity contribution in [2.45, 2.75) is 48.8 Å². The van der Waals surface area contributed by atoms with E-state index in [1.54, 1.807) is 0 Å². The highest BCUT2D eigenvalue weighted by atomic mass is 35.5. The number of hydrogen-bond donors (Lipinski definition) is 10. The van der Waals surface area contributed by atoms with Crippen LogP contribution in [0.5, 0.6) is 0 Å². The first-order chi connectivity index (χ1) is 11.1. The first-order valence-corrected chi connectivity index (χ1v) is 7.93. The molecule has 0 saturated heterocycles. The third kappa shape index (κ3) is 9.61. The van der Waals surface area contributed by atoms with Gasteiger partial charge in [-0.15, -0.1) is 23.2 Å². The van der Waals surface area contributed by atoms with Gasteiger partial charge in [0.05, 0.1) is 37.2 Å². The topological polar surface area (TPSA) is 202 Å². The number of aliphatic hydroxyl groups excluding tert-OH is 10. The van der Waals surface area contributed by atoms with Gasteiger partial charge in [-0.05, 0) is 0 Å². The molecular formula is C12H26Cl2O10. The first-order valence-electron chi connectivity index (χ1n) is 6.87. The molecule has 0 bridgehead atoms. The summed E-state index contributed by atoms with van der Waals surface area (Å²) in [6.07, 6.45) is -11.9. The van der Waals surface area contributed by atoms with Gasteiger partial charge in [0.1, 0.15) is 36.6 Å². The van der Waals surface area contributed by atoms with E-state index in [0.717, 1.165) is 0 Å². The summed E-state index contributed by atoms with van der Waals surface area (Å²) in [7, 11) is 0. The van der Waals surface area contributed by atoms with Crippen molar-refractivity contribution in [1.82, 2.24) is 0 Å². The molecule has 0 radical (unpaired) electrons. The SMILES string of the molecule is OC[C@H](O)[C@@H](O)[C@H](O)[C@H](O)CCl.OC[C@H](O)[C@@H](O)[C@H](O)[C@H](O)CCl. The van der Waals surface area contributed by atoms with Gasteiger partial charge in [0, 0.05) is 0 Å². The van der Waals surface area contributed by atoms with Crippen molar-refractivity contribution in [2.24, 2.45) is 0 Å². The van der Waals surface area contributed by atoms with Crippen LogP contribution in [-0.4, -0.2) is 125 Å². The number of aliphatic hydroxyl groups is 10. The Labute approximate surface area is 148 Å². The highest BCUT2D eigenvalue weighted by molar-refractivity contribution is 6.18. The molecule has 0 amide bonds. The normalized spacial score (nSPS) is 21.5. The van der Waals surface area contributed by atoms with E-state index in [1.807, 2.05) is 0 Å². The van der Waals surface area contributed by atoms with Crippen molar-refractivity contribution >= 4 is 23.2 Å². The summed E-state index contributed by atoms with van der Waals surface area (Å²) < 4.78 is 0. The van der Waals surface area contributed by atoms with E-state index in [-0.39, 0.29) is 11.8 Å². The van der Waals surface area contributed by atoms with Crippen LogP contribution < -0.4 is 0 Å². The molecule has 0 unspecified atom stereocenters. The van der Waals surface area contributed by atoms with Gasteiger partial charge in [-0.25, -0.2) is 0 Å². The van der Waals surface area contributed by atoms with Crippen LogP contribution in [0, 0.1) is 0 Å². The Balaban J connectivity index is 0. The lowest BCUT2D eigenvalue weighted by Gasteiger charge is -2.24. The van der Waals surface area contributed by atoms with Crippen LogP contribution in [0.25, 0.3) is 0 Å². The molecule has 10 N–H and O–H groups in total. The molecule has 0 aromatic heterocycles. The van der Waals surface area contributed by atoms with Gasteiger partial charge in [-0.1, -0.05) is 0 Å². The predicted octanol–water partition coefficient (Wildman–Crippen LogP) is -4.68. The second-order valence-corrected chi connectivity index (χ2v) is 5.52. The fourth-order valence-electron chi connectivity index (χ4n) is 1.31. The third-order valence-electron chi connectivity index (χ3n) is 2.97. The molecule has 0 aliphatic rings. The van der Waals surface area contributed by atoms with Crippen molar-refractivity contribution in [1.29, 1.82) is 0 Å². The summed E-state index contributed by atoms with van der Waals surface area (Å²) in [4.78, 5) is 0. The second-order valence-electron chi connectivity index (χ2n) is 4.91. The lowest BCUT2D eigenvalue weighted by molar-refractivity contribution is -0.110. The number of hydrogen-bond acceptors (Lipinski definition) is 10. The van der Waals surface area contributed by atoms with Gasteiger partial charge in [-0.3, -0.25) is 0 Å². The van der Waals surface area contributed by atoms with E-state index in [4.69, 9.17) is 74.3 Å². The quantitative estimate of drug-likeness (QED) is 0.159. The molecule has 0 aromatic carbocycles. The van der Waals surface area contributed by atoms with Crippen LogP contribution in [0.1, 0.15) is 0 Å². The van der Waals surface area contributed by atoms with E-state index in [9.17, 15) is 0 Å². The molecule has 0 fully saturated rings. The number of halogens is 2. The summed E-state index contributed by atoms with van der Waals surface area (Å²) >= 11 is 10.3. The Morgan fingerprint density at radius 1 is 0.458 bits per heavy atom. The van der Waals surface area contributed by atoms with Crippen molar-refractivity contribution in [3.63, 3.8) is 0 Å². The molecule has 12 heteroatoms. The standard InChI is InChI=1S/2C6H13ClO5/c2*7-1-3(9)5(11)6(12)4(10)2-8/h2*3-6,8-12H,1-2H2/t2*3-,4+,5-,6-/m11/s1. The van der Waals surface area contributed by atoms with Gasteiger partial charge in [-0.2, -0.15) is 0 Å². The van der Waals surface area contributed by atoms with Crippen LogP contribution in [0.4, 0.5) is 0 Å². The van der Waals surface area contributed by atoms with Crippen LogP contribution in [-0.2, 0) is 0 Å². The maximum atomic E-state index is 9.03. The van der Waals surface area contributed by atoms with Crippen LogP contribution >= 0.6 is 23.2 Å². The van der Waals surface area contributed by atoms with E-state index in [0.29, 0.717) is 0 Å². The second kappa shape index (κ2) is 14.4. The van der Waals surface area contributed by atoms with Gasteiger partial charge < -0.3 is 51.1 Å². The lowest BCUT2D eigenvalue weighted by atomic mass is 10.0. The maximum Gasteiger partial charge on any atom is 0.111 e. The van der Waals surface area contributed by atoms with Gasteiger partial charge >= 0.3 is 0 Å². The van der Waals surface area contributed by atoms with Gasteiger partial charge in [0.25, 0.3) is 0 Å². The minimum absolute atomic E-state index is 0.254. The van der Waals surface area contributed by atoms with E-state index < -0.39 is 62.0 Å². The van der Waals surface area contributed by atoms with Crippen LogP contribution in [0.2, 0.25) is 0 Å². The van der Waals surface area contributed by atoms with E-state index in [1.165, 1.54) is 0 Å². The van der Waals surface area contributed by atoms with E-state index in [2.05, 4.69) is 0 Å². The van der Waals surface area contributed by atoms with Crippen molar-refractivity contribution in [3.05, 3.63) is 0 Å². The summed E-state index contributed by atoms with van der Waals surface area (Å²) in [5.41, 5.74) is 0. The Morgan fingerprint density at radius 2 is 0.667 bits per heavy atom.